The molecule has 2 heterocycles. The SMILES string of the molecule is C[C@@]12CC[C@@](C(=O)O)(O1)c1ccccc12. The van der Waals surface area contributed by atoms with Crippen molar-refractivity contribution in [3.8, 4) is 0 Å². The minimum absolute atomic E-state index is 0.394. The van der Waals surface area contributed by atoms with Crippen LogP contribution in [0.5, 0.6) is 0 Å². The van der Waals surface area contributed by atoms with Gasteiger partial charge in [-0.1, -0.05) is 24.3 Å². The van der Waals surface area contributed by atoms with Crippen molar-refractivity contribution in [1.82, 2.24) is 0 Å². The second kappa shape index (κ2) is 2.42. The van der Waals surface area contributed by atoms with Crippen LogP contribution < -0.4 is 0 Å². The Balaban J connectivity index is 2.29. The van der Waals surface area contributed by atoms with E-state index in [9.17, 15) is 9.90 Å². The van der Waals surface area contributed by atoms with Crippen LogP contribution in [0.1, 0.15) is 30.9 Å². The van der Waals surface area contributed by atoms with E-state index < -0.39 is 17.2 Å². The van der Waals surface area contributed by atoms with E-state index >= 15 is 0 Å². The zero-order valence-corrected chi connectivity index (χ0v) is 8.49. The Morgan fingerprint density at radius 3 is 2.67 bits per heavy atom. The van der Waals surface area contributed by atoms with Crippen LogP contribution in [0, 0.1) is 0 Å². The van der Waals surface area contributed by atoms with Crippen molar-refractivity contribution in [2.24, 2.45) is 0 Å². The Kier molecular flexibility index (Phi) is 1.44. The van der Waals surface area contributed by atoms with E-state index in [1.807, 2.05) is 31.2 Å². The van der Waals surface area contributed by atoms with Gasteiger partial charge in [0.1, 0.15) is 0 Å². The summed E-state index contributed by atoms with van der Waals surface area (Å²) in [6.45, 7) is 1.98. The van der Waals surface area contributed by atoms with Gasteiger partial charge in [-0.3, -0.25) is 0 Å². The number of hydrogen-bond donors (Lipinski definition) is 1. The summed E-state index contributed by atoms with van der Waals surface area (Å²) < 4.78 is 5.78. The molecular weight excluding hydrogens is 192 g/mol. The zero-order valence-electron chi connectivity index (χ0n) is 8.49. The highest BCUT2D eigenvalue weighted by atomic mass is 16.6. The molecule has 2 aliphatic heterocycles. The smallest absolute Gasteiger partial charge is 0.340 e. The summed E-state index contributed by atoms with van der Waals surface area (Å²) in [4.78, 5) is 11.4. The molecule has 0 aromatic heterocycles. The van der Waals surface area contributed by atoms with Crippen LogP contribution in [0.25, 0.3) is 0 Å². The van der Waals surface area contributed by atoms with Crippen molar-refractivity contribution >= 4 is 5.97 Å². The number of hydrogen-bond acceptors (Lipinski definition) is 2. The number of rotatable bonds is 1. The van der Waals surface area contributed by atoms with Crippen LogP contribution >= 0.6 is 0 Å². The molecule has 1 saturated heterocycles. The van der Waals surface area contributed by atoms with E-state index in [4.69, 9.17) is 4.74 Å². The maximum atomic E-state index is 11.4. The first-order valence-electron chi connectivity index (χ1n) is 5.12. The Bertz CT molecular complexity index is 454. The van der Waals surface area contributed by atoms with Gasteiger partial charge < -0.3 is 9.84 Å². The lowest BCUT2D eigenvalue weighted by molar-refractivity contribution is -0.169. The summed E-state index contributed by atoms with van der Waals surface area (Å²) in [6.07, 6.45) is 1.37. The Morgan fingerprint density at radius 1 is 1.33 bits per heavy atom. The molecule has 0 aliphatic carbocycles. The third-order valence-corrected chi connectivity index (χ3v) is 3.63. The highest BCUT2D eigenvalue weighted by Crippen LogP contribution is 2.58. The number of ether oxygens (including phenoxy) is 1. The normalized spacial score (nSPS) is 36.6. The van der Waals surface area contributed by atoms with Crippen LogP contribution in [0.2, 0.25) is 0 Å². The molecule has 1 fully saturated rings. The molecule has 0 spiro atoms. The number of benzene rings is 1. The number of carboxylic acids is 1. The fraction of sp³-hybridized carbons (Fsp3) is 0.417. The Morgan fingerprint density at radius 2 is 2.00 bits per heavy atom. The molecule has 0 radical (unpaired) electrons. The van der Waals surface area contributed by atoms with Crippen LogP contribution in [0.3, 0.4) is 0 Å². The molecule has 1 N–H and O–H groups in total. The first-order chi connectivity index (χ1) is 7.08. The fourth-order valence-corrected chi connectivity index (χ4v) is 2.84. The van der Waals surface area contributed by atoms with E-state index in [2.05, 4.69) is 0 Å². The van der Waals surface area contributed by atoms with Gasteiger partial charge in [-0.05, 0) is 25.3 Å². The van der Waals surface area contributed by atoms with Gasteiger partial charge in [0.05, 0.1) is 5.60 Å². The lowest BCUT2D eigenvalue weighted by atomic mass is 9.77. The van der Waals surface area contributed by atoms with Crippen molar-refractivity contribution in [2.45, 2.75) is 31.0 Å². The molecule has 2 atom stereocenters. The van der Waals surface area contributed by atoms with E-state index in [1.54, 1.807) is 0 Å². The largest absolute Gasteiger partial charge is 0.479 e. The molecule has 3 heteroatoms. The molecule has 0 saturated carbocycles. The minimum atomic E-state index is -1.08. The van der Waals surface area contributed by atoms with Gasteiger partial charge in [-0.15, -0.1) is 0 Å². The highest BCUT2D eigenvalue weighted by Gasteiger charge is 2.61. The average molecular weight is 204 g/mol. The summed E-state index contributed by atoms with van der Waals surface area (Å²) in [5.41, 5.74) is 0.408. The monoisotopic (exact) mass is 204 g/mol. The summed E-state index contributed by atoms with van der Waals surface area (Å²) in [5, 5.41) is 9.33. The van der Waals surface area contributed by atoms with Crippen LogP contribution in [-0.4, -0.2) is 11.1 Å². The van der Waals surface area contributed by atoms with Gasteiger partial charge in [-0.25, -0.2) is 4.79 Å². The molecule has 0 unspecified atom stereocenters. The average Bonchev–Trinajstić information content (AvgIpc) is 2.70. The molecular formula is C12H12O3. The lowest BCUT2D eigenvalue weighted by Gasteiger charge is -2.21. The van der Waals surface area contributed by atoms with E-state index in [-0.39, 0.29) is 0 Å². The molecule has 1 aromatic rings. The molecule has 15 heavy (non-hydrogen) atoms. The van der Waals surface area contributed by atoms with E-state index in [0.717, 1.165) is 17.5 Å². The Labute approximate surface area is 87.7 Å². The predicted octanol–water partition coefficient (Wildman–Crippen LogP) is 2.01. The molecule has 2 aliphatic rings. The fourth-order valence-electron chi connectivity index (χ4n) is 2.84. The molecule has 0 amide bonds. The minimum Gasteiger partial charge on any atom is -0.479 e. The van der Waals surface area contributed by atoms with E-state index in [1.165, 1.54) is 0 Å². The summed E-state index contributed by atoms with van der Waals surface area (Å²) in [6, 6.07) is 7.65. The second-order valence-electron chi connectivity index (χ2n) is 4.51. The van der Waals surface area contributed by atoms with Crippen molar-refractivity contribution in [3.05, 3.63) is 35.4 Å². The molecule has 1 aromatic carbocycles. The summed E-state index contributed by atoms with van der Waals surface area (Å²) >= 11 is 0. The van der Waals surface area contributed by atoms with Gasteiger partial charge in [0.25, 0.3) is 0 Å². The summed E-state index contributed by atoms with van der Waals surface area (Å²) in [5.74, 6) is -0.865. The third kappa shape index (κ3) is 0.868. The van der Waals surface area contributed by atoms with Gasteiger partial charge in [0.15, 0.2) is 5.60 Å². The lowest BCUT2D eigenvalue weighted by Crippen LogP contribution is -2.32. The molecule has 78 valence electrons. The van der Waals surface area contributed by atoms with Gasteiger partial charge in [0, 0.05) is 5.56 Å². The maximum Gasteiger partial charge on any atom is 0.340 e. The first kappa shape index (κ1) is 8.92. The number of carbonyl (C=O) groups is 1. The van der Waals surface area contributed by atoms with Crippen molar-refractivity contribution in [2.75, 3.05) is 0 Å². The van der Waals surface area contributed by atoms with Crippen molar-refractivity contribution in [3.63, 3.8) is 0 Å². The predicted molar refractivity (Wildman–Crippen MR) is 53.4 cm³/mol. The molecule has 2 bridgehead atoms. The number of aliphatic carboxylic acids is 1. The van der Waals surface area contributed by atoms with Crippen molar-refractivity contribution < 1.29 is 14.6 Å². The highest BCUT2D eigenvalue weighted by molar-refractivity contribution is 5.82. The third-order valence-electron chi connectivity index (χ3n) is 3.63. The van der Waals surface area contributed by atoms with Crippen LogP contribution in [0.4, 0.5) is 0 Å². The standard InChI is InChI=1S/C12H12O3/c1-11-6-7-12(15-11,10(13)14)9-5-3-2-4-8(9)11/h2-5H,6-7H2,1H3,(H,13,14)/t11-,12+/m0/s1. The molecule has 3 nitrogen and oxygen atoms in total. The maximum absolute atomic E-state index is 11.4. The Hall–Kier alpha value is -1.35. The van der Waals surface area contributed by atoms with Gasteiger partial charge >= 0.3 is 5.97 Å². The van der Waals surface area contributed by atoms with E-state index in [0.29, 0.717) is 6.42 Å². The first-order valence-corrected chi connectivity index (χ1v) is 5.12. The van der Waals surface area contributed by atoms with Crippen LogP contribution in [-0.2, 0) is 20.7 Å². The number of fused-ring (bicyclic) bond motifs is 5. The quantitative estimate of drug-likeness (QED) is 0.761. The van der Waals surface area contributed by atoms with Crippen LogP contribution in [0.15, 0.2) is 24.3 Å². The zero-order chi connectivity index (χ0) is 10.7. The number of carboxylic acid groups (broad SMARTS) is 1. The van der Waals surface area contributed by atoms with Gasteiger partial charge in [0.2, 0.25) is 0 Å². The topological polar surface area (TPSA) is 46.5 Å². The van der Waals surface area contributed by atoms with Crippen molar-refractivity contribution in [1.29, 1.82) is 0 Å². The van der Waals surface area contributed by atoms with Gasteiger partial charge in [-0.2, -0.15) is 0 Å². The second-order valence-corrected chi connectivity index (χ2v) is 4.51. The molecule has 3 rings (SSSR count). The summed E-state index contributed by atoms with van der Waals surface area (Å²) in [7, 11) is 0.